The van der Waals surface area contributed by atoms with Gasteiger partial charge in [-0.25, -0.2) is 0 Å². The fourth-order valence-corrected chi connectivity index (χ4v) is 4.17. The first-order valence-corrected chi connectivity index (χ1v) is 10.7. The van der Waals surface area contributed by atoms with Crippen LogP contribution in [0.25, 0.3) is 21.5 Å². The van der Waals surface area contributed by atoms with Crippen molar-refractivity contribution in [3.05, 3.63) is 70.7 Å². The van der Waals surface area contributed by atoms with Crippen molar-refractivity contribution in [1.29, 1.82) is 0 Å². The summed E-state index contributed by atoms with van der Waals surface area (Å²) in [4.78, 5) is 0. The highest BCUT2D eigenvalue weighted by atomic mass is 79.9. The molecule has 0 spiro atoms. The van der Waals surface area contributed by atoms with Crippen molar-refractivity contribution in [3.63, 3.8) is 0 Å². The van der Waals surface area contributed by atoms with Gasteiger partial charge in [-0.2, -0.15) is 0 Å². The standard InChI is InChI=1S/C14H15NO.C11H10BrNO/c1-16-10-4-5-12-11(9-2-3-9)6-7-14(15)13(12)8-10;1-14-7-2-3-8-9(6-7)11(13)5-4-10(8)12/h4-9H,2-3,15H2,1H3;2-6H,13H2,1H3. The maximum atomic E-state index is 6.01. The predicted octanol–water partition coefficient (Wildman–Crippen LogP) is 6.50. The molecule has 154 valence electrons. The number of hydrogen-bond donors (Lipinski definition) is 2. The summed E-state index contributed by atoms with van der Waals surface area (Å²) in [6, 6.07) is 20.0. The molecule has 0 aromatic heterocycles. The van der Waals surface area contributed by atoms with Gasteiger partial charge in [0.1, 0.15) is 11.5 Å². The van der Waals surface area contributed by atoms with Gasteiger partial charge in [0, 0.05) is 26.6 Å². The Bertz CT molecular complexity index is 1220. The summed E-state index contributed by atoms with van der Waals surface area (Å²) in [5, 5.41) is 4.51. The molecule has 0 unspecified atom stereocenters. The summed E-state index contributed by atoms with van der Waals surface area (Å²) < 4.78 is 11.4. The van der Waals surface area contributed by atoms with E-state index in [9.17, 15) is 0 Å². The lowest BCUT2D eigenvalue weighted by Crippen LogP contribution is -1.92. The van der Waals surface area contributed by atoms with Gasteiger partial charge in [-0.15, -0.1) is 0 Å². The second-order valence-electron chi connectivity index (χ2n) is 7.48. The quantitative estimate of drug-likeness (QED) is 0.339. The molecule has 1 aliphatic carbocycles. The van der Waals surface area contributed by atoms with Gasteiger partial charge in [0.2, 0.25) is 0 Å². The molecule has 5 heteroatoms. The Morgan fingerprint density at radius 1 is 0.700 bits per heavy atom. The molecule has 30 heavy (non-hydrogen) atoms. The number of benzene rings is 4. The maximum absolute atomic E-state index is 6.01. The van der Waals surface area contributed by atoms with Crippen molar-refractivity contribution in [3.8, 4) is 11.5 Å². The predicted molar refractivity (Wildman–Crippen MR) is 129 cm³/mol. The van der Waals surface area contributed by atoms with Crippen LogP contribution in [0.15, 0.2) is 65.1 Å². The van der Waals surface area contributed by atoms with Crippen molar-refractivity contribution < 1.29 is 9.47 Å². The molecule has 4 aromatic rings. The normalized spacial score (nSPS) is 13.0. The van der Waals surface area contributed by atoms with Crippen molar-refractivity contribution in [2.24, 2.45) is 0 Å². The van der Waals surface area contributed by atoms with E-state index in [1.165, 1.54) is 23.8 Å². The minimum atomic E-state index is 0.747. The zero-order valence-electron chi connectivity index (χ0n) is 17.1. The molecule has 0 amide bonds. The van der Waals surface area contributed by atoms with Crippen LogP contribution in [0, 0.1) is 0 Å². The molecular weight excluding hydrogens is 440 g/mol. The second kappa shape index (κ2) is 8.44. The molecule has 1 aliphatic rings. The zero-order valence-corrected chi connectivity index (χ0v) is 18.7. The van der Waals surface area contributed by atoms with Gasteiger partial charge < -0.3 is 20.9 Å². The monoisotopic (exact) mass is 464 g/mol. The third kappa shape index (κ3) is 4.03. The van der Waals surface area contributed by atoms with Crippen LogP contribution in [0.3, 0.4) is 0 Å². The molecule has 0 radical (unpaired) electrons. The lowest BCUT2D eigenvalue weighted by Gasteiger charge is -2.09. The average Bonchev–Trinajstić information content (AvgIpc) is 3.62. The van der Waals surface area contributed by atoms with Gasteiger partial charge in [0.25, 0.3) is 0 Å². The molecular formula is C25H25BrN2O2. The molecule has 0 heterocycles. The zero-order chi connectivity index (χ0) is 21.3. The Kier molecular flexibility index (Phi) is 5.73. The van der Waals surface area contributed by atoms with E-state index >= 15 is 0 Å². The molecule has 5 rings (SSSR count). The van der Waals surface area contributed by atoms with E-state index in [4.69, 9.17) is 20.9 Å². The highest BCUT2D eigenvalue weighted by Crippen LogP contribution is 2.44. The largest absolute Gasteiger partial charge is 0.497 e. The maximum Gasteiger partial charge on any atom is 0.119 e. The smallest absolute Gasteiger partial charge is 0.119 e. The summed E-state index contributed by atoms with van der Waals surface area (Å²) in [7, 11) is 3.33. The first kappa shape index (κ1) is 20.4. The third-order valence-electron chi connectivity index (χ3n) is 5.51. The Balaban J connectivity index is 0.000000147. The van der Waals surface area contributed by atoms with E-state index in [1.807, 2.05) is 48.5 Å². The summed E-state index contributed by atoms with van der Waals surface area (Å²) in [5.74, 6) is 2.44. The molecule has 1 fully saturated rings. The number of halogens is 1. The minimum Gasteiger partial charge on any atom is -0.497 e. The van der Waals surface area contributed by atoms with Gasteiger partial charge >= 0.3 is 0 Å². The summed E-state index contributed by atoms with van der Waals surface area (Å²) >= 11 is 3.48. The Morgan fingerprint density at radius 2 is 1.23 bits per heavy atom. The summed E-state index contributed by atoms with van der Waals surface area (Å²) in [6.45, 7) is 0. The van der Waals surface area contributed by atoms with Crippen LogP contribution < -0.4 is 20.9 Å². The molecule has 0 bridgehead atoms. The number of fused-ring (bicyclic) bond motifs is 2. The number of anilines is 2. The van der Waals surface area contributed by atoms with Gasteiger partial charge in [-0.1, -0.05) is 28.1 Å². The first-order chi connectivity index (χ1) is 14.5. The molecule has 0 aliphatic heterocycles. The van der Waals surface area contributed by atoms with Crippen LogP contribution in [-0.2, 0) is 0 Å². The molecule has 4 aromatic carbocycles. The van der Waals surface area contributed by atoms with Crippen molar-refractivity contribution >= 4 is 48.8 Å². The van der Waals surface area contributed by atoms with Crippen LogP contribution >= 0.6 is 15.9 Å². The van der Waals surface area contributed by atoms with Gasteiger partial charge in [0.05, 0.1) is 14.2 Å². The van der Waals surface area contributed by atoms with Crippen LogP contribution in [0.5, 0.6) is 11.5 Å². The van der Waals surface area contributed by atoms with E-state index in [2.05, 4.69) is 28.1 Å². The molecule has 1 saturated carbocycles. The SMILES string of the molecule is COc1ccc2c(Br)ccc(N)c2c1.COc1ccc2c(C3CC3)ccc(N)c2c1. The number of ether oxygens (including phenoxy) is 2. The number of hydrogen-bond acceptors (Lipinski definition) is 4. The molecule has 0 saturated heterocycles. The minimum absolute atomic E-state index is 0.747. The highest BCUT2D eigenvalue weighted by Gasteiger charge is 2.25. The van der Waals surface area contributed by atoms with Gasteiger partial charge in [-0.3, -0.25) is 0 Å². The fraction of sp³-hybridized carbons (Fsp3) is 0.200. The van der Waals surface area contributed by atoms with Crippen molar-refractivity contribution in [1.82, 2.24) is 0 Å². The van der Waals surface area contributed by atoms with Crippen molar-refractivity contribution in [2.45, 2.75) is 18.8 Å². The van der Waals surface area contributed by atoms with Crippen LogP contribution in [0.2, 0.25) is 0 Å². The van der Waals surface area contributed by atoms with Crippen molar-refractivity contribution in [2.75, 3.05) is 25.7 Å². The Hall–Kier alpha value is -2.92. The number of methoxy groups -OCH3 is 2. The molecule has 4 N–H and O–H groups in total. The first-order valence-electron chi connectivity index (χ1n) is 9.89. The number of nitrogens with two attached hydrogens (primary N) is 2. The Labute approximate surface area is 184 Å². The van der Waals surface area contributed by atoms with E-state index in [1.54, 1.807) is 14.2 Å². The summed E-state index contributed by atoms with van der Waals surface area (Å²) in [6.07, 6.45) is 2.62. The second-order valence-corrected chi connectivity index (χ2v) is 8.33. The van der Waals surface area contributed by atoms with Crippen LogP contribution in [-0.4, -0.2) is 14.2 Å². The molecule has 0 atom stereocenters. The summed E-state index contributed by atoms with van der Waals surface area (Å²) in [5.41, 5.74) is 14.9. The van der Waals surface area contributed by atoms with Gasteiger partial charge in [-0.05, 0) is 83.6 Å². The molecule has 4 nitrogen and oxygen atoms in total. The average molecular weight is 465 g/mol. The van der Waals surface area contributed by atoms with Crippen LogP contribution in [0.4, 0.5) is 11.4 Å². The van der Waals surface area contributed by atoms with Gasteiger partial charge in [0.15, 0.2) is 0 Å². The highest BCUT2D eigenvalue weighted by molar-refractivity contribution is 9.10. The fourth-order valence-electron chi connectivity index (χ4n) is 3.69. The van der Waals surface area contributed by atoms with E-state index in [0.29, 0.717) is 0 Å². The van der Waals surface area contributed by atoms with E-state index in [0.717, 1.165) is 49.4 Å². The number of rotatable bonds is 3. The topological polar surface area (TPSA) is 70.5 Å². The Morgan fingerprint density at radius 3 is 1.80 bits per heavy atom. The number of nitrogen functional groups attached to an aromatic ring is 2. The lowest BCUT2D eigenvalue weighted by atomic mass is 9.99. The van der Waals surface area contributed by atoms with E-state index in [-0.39, 0.29) is 0 Å². The lowest BCUT2D eigenvalue weighted by molar-refractivity contribution is 0.415. The third-order valence-corrected chi connectivity index (χ3v) is 6.20. The van der Waals surface area contributed by atoms with E-state index < -0.39 is 0 Å². The van der Waals surface area contributed by atoms with Crippen LogP contribution in [0.1, 0.15) is 24.3 Å².